The smallest absolute Gasteiger partial charge is 0.407 e. The molecule has 4 nitrogen and oxygen atoms in total. The highest BCUT2D eigenvalue weighted by molar-refractivity contribution is 5.67. The Bertz CT molecular complexity index is 176. The Balaban J connectivity index is 3.32. The Morgan fingerprint density at radius 2 is 1.87 bits per heavy atom. The Morgan fingerprint density at radius 1 is 1.20 bits per heavy atom. The standard InChI is InChI=1S/C11H24N2O2/c1-5-7-12-8-6-9-13-10(14)15-11(2,3)4/h12H,5-9H2,1-4H3,(H,13,14). The molecule has 0 saturated heterocycles. The first kappa shape index (κ1) is 14.2. The summed E-state index contributed by atoms with van der Waals surface area (Å²) in [5.41, 5.74) is -0.412. The Kier molecular flexibility index (Phi) is 7.13. The molecule has 0 saturated carbocycles. The van der Waals surface area contributed by atoms with Crippen molar-refractivity contribution in [3.63, 3.8) is 0 Å². The highest BCUT2D eigenvalue weighted by atomic mass is 16.6. The van der Waals surface area contributed by atoms with Crippen molar-refractivity contribution in [2.45, 2.75) is 46.1 Å². The van der Waals surface area contributed by atoms with Gasteiger partial charge in [0, 0.05) is 6.54 Å². The van der Waals surface area contributed by atoms with Gasteiger partial charge in [-0.05, 0) is 46.7 Å². The number of amides is 1. The first-order valence-electron chi connectivity index (χ1n) is 5.63. The molecule has 0 unspecified atom stereocenters. The Morgan fingerprint density at radius 3 is 2.40 bits per heavy atom. The fraction of sp³-hybridized carbons (Fsp3) is 0.909. The van der Waals surface area contributed by atoms with Gasteiger partial charge in [0.15, 0.2) is 0 Å². The van der Waals surface area contributed by atoms with Crippen LogP contribution in [0.5, 0.6) is 0 Å². The minimum atomic E-state index is -0.412. The van der Waals surface area contributed by atoms with Gasteiger partial charge >= 0.3 is 6.09 Å². The molecule has 0 radical (unpaired) electrons. The third-order valence-electron chi connectivity index (χ3n) is 1.63. The van der Waals surface area contributed by atoms with E-state index in [9.17, 15) is 4.79 Å². The number of rotatable bonds is 6. The minimum Gasteiger partial charge on any atom is -0.444 e. The second-order valence-electron chi connectivity index (χ2n) is 4.53. The van der Waals surface area contributed by atoms with Crippen LogP contribution in [0.3, 0.4) is 0 Å². The third kappa shape index (κ3) is 11.2. The van der Waals surface area contributed by atoms with Gasteiger partial charge in [0.2, 0.25) is 0 Å². The van der Waals surface area contributed by atoms with Crippen LogP contribution in [0, 0.1) is 0 Å². The van der Waals surface area contributed by atoms with E-state index < -0.39 is 5.60 Å². The Hall–Kier alpha value is -0.770. The van der Waals surface area contributed by atoms with Crippen molar-refractivity contribution in [1.29, 1.82) is 0 Å². The van der Waals surface area contributed by atoms with E-state index >= 15 is 0 Å². The molecule has 0 aromatic carbocycles. The predicted molar refractivity (Wildman–Crippen MR) is 62.0 cm³/mol. The van der Waals surface area contributed by atoms with Crippen molar-refractivity contribution < 1.29 is 9.53 Å². The van der Waals surface area contributed by atoms with Gasteiger partial charge in [0.05, 0.1) is 0 Å². The molecule has 0 aliphatic carbocycles. The number of ether oxygens (including phenoxy) is 1. The molecule has 0 fully saturated rings. The quantitative estimate of drug-likeness (QED) is 0.667. The maximum Gasteiger partial charge on any atom is 0.407 e. The average Bonchev–Trinajstić information content (AvgIpc) is 2.08. The maximum atomic E-state index is 11.2. The van der Waals surface area contributed by atoms with Crippen molar-refractivity contribution in [2.24, 2.45) is 0 Å². The highest BCUT2D eigenvalue weighted by Crippen LogP contribution is 2.06. The lowest BCUT2D eigenvalue weighted by Crippen LogP contribution is -2.34. The van der Waals surface area contributed by atoms with Crippen molar-refractivity contribution in [3.05, 3.63) is 0 Å². The summed E-state index contributed by atoms with van der Waals surface area (Å²) in [4.78, 5) is 11.2. The van der Waals surface area contributed by atoms with E-state index in [1.807, 2.05) is 20.8 Å². The van der Waals surface area contributed by atoms with Crippen LogP contribution in [-0.4, -0.2) is 31.3 Å². The monoisotopic (exact) mass is 216 g/mol. The zero-order valence-electron chi connectivity index (χ0n) is 10.4. The largest absolute Gasteiger partial charge is 0.444 e. The molecule has 0 heterocycles. The summed E-state index contributed by atoms with van der Waals surface area (Å²) in [7, 11) is 0. The van der Waals surface area contributed by atoms with E-state index in [1.165, 1.54) is 0 Å². The van der Waals surface area contributed by atoms with E-state index in [4.69, 9.17) is 4.74 Å². The number of hydrogen-bond donors (Lipinski definition) is 2. The van der Waals surface area contributed by atoms with Gasteiger partial charge in [0.25, 0.3) is 0 Å². The summed E-state index contributed by atoms with van der Waals surface area (Å²) < 4.78 is 5.09. The van der Waals surface area contributed by atoms with Gasteiger partial charge in [-0.2, -0.15) is 0 Å². The minimum absolute atomic E-state index is 0.335. The second-order valence-corrected chi connectivity index (χ2v) is 4.53. The van der Waals surface area contributed by atoms with Crippen LogP contribution in [0.4, 0.5) is 4.79 Å². The molecule has 0 rings (SSSR count). The predicted octanol–water partition coefficient (Wildman–Crippen LogP) is 1.90. The van der Waals surface area contributed by atoms with Gasteiger partial charge in [-0.15, -0.1) is 0 Å². The van der Waals surface area contributed by atoms with Crippen LogP contribution in [0.2, 0.25) is 0 Å². The summed E-state index contributed by atoms with van der Waals surface area (Å²) in [6.45, 7) is 10.3. The number of hydrogen-bond acceptors (Lipinski definition) is 3. The van der Waals surface area contributed by atoms with Gasteiger partial charge < -0.3 is 15.4 Å². The lowest BCUT2D eigenvalue weighted by Gasteiger charge is -2.19. The molecule has 0 atom stereocenters. The van der Waals surface area contributed by atoms with Crippen LogP contribution in [0.15, 0.2) is 0 Å². The number of carbonyl (C=O) groups excluding carboxylic acids is 1. The van der Waals surface area contributed by atoms with Crippen molar-refractivity contribution in [3.8, 4) is 0 Å². The zero-order valence-corrected chi connectivity index (χ0v) is 10.4. The van der Waals surface area contributed by atoms with Crippen molar-refractivity contribution >= 4 is 6.09 Å². The third-order valence-corrected chi connectivity index (χ3v) is 1.63. The van der Waals surface area contributed by atoms with Gasteiger partial charge in [-0.1, -0.05) is 6.92 Å². The van der Waals surface area contributed by atoms with Crippen molar-refractivity contribution in [2.75, 3.05) is 19.6 Å². The zero-order chi connectivity index (χ0) is 11.7. The average molecular weight is 216 g/mol. The number of alkyl carbamates (subject to hydrolysis) is 1. The van der Waals surface area contributed by atoms with E-state index in [0.29, 0.717) is 6.54 Å². The summed E-state index contributed by atoms with van der Waals surface area (Å²) in [6, 6.07) is 0. The second kappa shape index (κ2) is 7.51. The molecule has 4 heteroatoms. The highest BCUT2D eigenvalue weighted by Gasteiger charge is 2.15. The molecular formula is C11H24N2O2. The molecule has 0 bridgehead atoms. The summed E-state index contributed by atoms with van der Waals surface area (Å²) >= 11 is 0. The first-order chi connectivity index (χ1) is 6.95. The van der Waals surface area contributed by atoms with E-state index in [-0.39, 0.29) is 6.09 Å². The lowest BCUT2D eigenvalue weighted by atomic mass is 10.2. The fourth-order valence-electron chi connectivity index (χ4n) is 1.02. The van der Waals surface area contributed by atoms with Crippen LogP contribution >= 0.6 is 0 Å². The maximum absolute atomic E-state index is 11.2. The molecule has 90 valence electrons. The van der Waals surface area contributed by atoms with E-state index in [1.54, 1.807) is 0 Å². The van der Waals surface area contributed by atoms with E-state index in [0.717, 1.165) is 25.9 Å². The molecule has 0 aliphatic rings. The molecule has 0 spiro atoms. The summed E-state index contributed by atoms with van der Waals surface area (Å²) in [5, 5.41) is 5.98. The summed E-state index contributed by atoms with van der Waals surface area (Å²) in [6.07, 6.45) is 1.73. The van der Waals surface area contributed by atoms with Crippen LogP contribution in [-0.2, 0) is 4.74 Å². The van der Waals surface area contributed by atoms with Gasteiger partial charge in [-0.3, -0.25) is 0 Å². The molecule has 0 aliphatic heterocycles. The number of carbonyl (C=O) groups is 1. The van der Waals surface area contributed by atoms with Crippen molar-refractivity contribution in [1.82, 2.24) is 10.6 Å². The van der Waals surface area contributed by atoms with E-state index in [2.05, 4.69) is 17.6 Å². The molecule has 15 heavy (non-hydrogen) atoms. The van der Waals surface area contributed by atoms with Crippen LogP contribution in [0.1, 0.15) is 40.5 Å². The van der Waals surface area contributed by atoms with Crippen LogP contribution < -0.4 is 10.6 Å². The SMILES string of the molecule is CCCNCCCNC(=O)OC(C)(C)C. The first-order valence-corrected chi connectivity index (χ1v) is 5.63. The topological polar surface area (TPSA) is 50.4 Å². The molecule has 0 aromatic heterocycles. The Labute approximate surface area is 92.8 Å². The summed E-state index contributed by atoms with van der Waals surface area (Å²) in [5.74, 6) is 0. The molecule has 0 aromatic rings. The fourth-order valence-corrected chi connectivity index (χ4v) is 1.02. The lowest BCUT2D eigenvalue weighted by molar-refractivity contribution is 0.0527. The molecule has 1 amide bonds. The normalized spacial score (nSPS) is 11.2. The number of nitrogens with one attached hydrogen (secondary N) is 2. The molecular weight excluding hydrogens is 192 g/mol. The van der Waals surface area contributed by atoms with Gasteiger partial charge in [0.1, 0.15) is 5.60 Å². The van der Waals surface area contributed by atoms with Crippen LogP contribution in [0.25, 0.3) is 0 Å². The molecule has 2 N–H and O–H groups in total. The van der Waals surface area contributed by atoms with Gasteiger partial charge in [-0.25, -0.2) is 4.79 Å².